The van der Waals surface area contributed by atoms with E-state index in [-0.39, 0.29) is 5.78 Å². The van der Waals surface area contributed by atoms with Crippen molar-refractivity contribution in [3.8, 4) is 17.3 Å². The first-order chi connectivity index (χ1) is 17.6. The average molecular weight is 472 g/mol. The Morgan fingerprint density at radius 1 is 1.08 bits per heavy atom. The lowest BCUT2D eigenvalue weighted by molar-refractivity contribution is 0.0992. The first kappa shape index (κ1) is 22.2. The number of nitrogens with zero attached hydrogens (tertiary/aromatic N) is 3. The second-order valence-corrected chi connectivity index (χ2v) is 9.17. The Kier molecular flexibility index (Phi) is 5.40. The molecular formula is C31H25N3O2. The third-order valence-corrected chi connectivity index (χ3v) is 7.26. The number of ketones is 1. The Bertz CT molecular complexity index is 1670. The van der Waals surface area contributed by atoms with Crippen molar-refractivity contribution in [2.75, 3.05) is 18.7 Å². The molecule has 2 aliphatic rings. The molecule has 1 heterocycles. The topological polar surface area (TPSA) is 66.2 Å². The zero-order valence-corrected chi connectivity index (χ0v) is 20.3. The van der Waals surface area contributed by atoms with Crippen LogP contribution in [0.4, 0.5) is 5.69 Å². The van der Waals surface area contributed by atoms with Gasteiger partial charge in [0.2, 0.25) is 0 Å². The minimum atomic E-state index is 0.148. The Morgan fingerprint density at radius 2 is 1.89 bits per heavy atom. The summed E-state index contributed by atoms with van der Waals surface area (Å²) in [4.78, 5) is 24.1. The van der Waals surface area contributed by atoms with Gasteiger partial charge in [0, 0.05) is 29.5 Å². The monoisotopic (exact) mass is 471 g/mol. The smallest absolute Gasteiger partial charge is 0.168 e. The average Bonchev–Trinajstić information content (AvgIpc) is 2.92. The summed E-state index contributed by atoms with van der Waals surface area (Å²) < 4.78 is 0. The van der Waals surface area contributed by atoms with Crippen LogP contribution >= 0.6 is 0 Å². The van der Waals surface area contributed by atoms with Crippen molar-refractivity contribution in [2.24, 2.45) is 0 Å². The van der Waals surface area contributed by atoms with Crippen LogP contribution in [-0.2, 0) is 4.84 Å². The van der Waals surface area contributed by atoms with Crippen LogP contribution < -0.4 is 5.06 Å². The van der Waals surface area contributed by atoms with Crippen LogP contribution in [0, 0.1) is 11.3 Å². The zero-order chi connectivity index (χ0) is 24.8. The number of aromatic nitrogens is 1. The lowest BCUT2D eigenvalue weighted by Gasteiger charge is -2.27. The highest BCUT2D eigenvalue weighted by Crippen LogP contribution is 2.45. The fraction of sp³-hybridized carbons (Fsp3) is 0.194. The zero-order valence-electron chi connectivity index (χ0n) is 20.3. The molecule has 0 aliphatic heterocycles. The van der Waals surface area contributed by atoms with Crippen LogP contribution in [0.3, 0.4) is 0 Å². The maximum absolute atomic E-state index is 13.5. The molecule has 0 atom stereocenters. The minimum Gasteiger partial charge on any atom is -0.294 e. The van der Waals surface area contributed by atoms with Crippen LogP contribution in [0.2, 0.25) is 0 Å². The van der Waals surface area contributed by atoms with Crippen molar-refractivity contribution in [2.45, 2.75) is 26.2 Å². The number of hydroxylamine groups is 1. The molecule has 1 aromatic heterocycles. The number of allylic oxidation sites excluding steroid dienone is 4. The maximum atomic E-state index is 13.5. The van der Waals surface area contributed by atoms with Gasteiger partial charge >= 0.3 is 0 Å². The molecule has 0 radical (unpaired) electrons. The Balaban J connectivity index is 1.72. The molecular weight excluding hydrogens is 446 g/mol. The normalized spacial score (nSPS) is 14.6. The first-order valence-corrected chi connectivity index (χ1v) is 12.3. The van der Waals surface area contributed by atoms with Gasteiger partial charge in [-0.3, -0.25) is 14.7 Å². The summed E-state index contributed by atoms with van der Waals surface area (Å²) in [5, 5.41) is 14.6. The number of pyridine rings is 1. The number of para-hydroxylation sites is 1. The highest BCUT2D eigenvalue weighted by molar-refractivity contribution is 6.19. The van der Waals surface area contributed by atoms with Crippen molar-refractivity contribution >= 4 is 38.7 Å². The molecule has 0 bridgehead atoms. The summed E-state index contributed by atoms with van der Waals surface area (Å²) in [5.41, 5.74) is 7.65. The molecule has 0 fully saturated rings. The number of fused-ring (bicyclic) bond motifs is 5. The lowest BCUT2D eigenvalue weighted by atomic mass is 9.78. The van der Waals surface area contributed by atoms with E-state index >= 15 is 0 Å². The Hall–Kier alpha value is -4.27. The van der Waals surface area contributed by atoms with Crippen molar-refractivity contribution in [3.05, 3.63) is 89.0 Å². The molecule has 4 aromatic rings. The van der Waals surface area contributed by atoms with Gasteiger partial charge in [-0.05, 0) is 59.9 Å². The highest BCUT2D eigenvalue weighted by Gasteiger charge is 2.29. The van der Waals surface area contributed by atoms with Crippen molar-refractivity contribution in [1.29, 1.82) is 5.26 Å². The van der Waals surface area contributed by atoms with E-state index in [0.29, 0.717) is 24.2 Å². The first-order valence-electron chi connectivity index (χ1n) is 12.3. The van der Waals surface area contributed by atoms with Gasteiger partial charge in [0.15, 0.2) is 5.78 Å². The molecule has 0 N–H and O–H groups in total. The molecule has 0 unspecified atom stereocenters. The van der Waals surface area contributed by atoms with Gasteiger partial charge in [0.1, 0.15) is 6.07 Å². The molecule has 6 rings (SSSR count). The summed E-state index contributed by atoms with van der Waals surface area (Å²) in [6.07, 6.45) is 6.72. The number of benzene rings is 3. The van der Waals surface area contributed by atoms with E-state index in [1.807, 2.05) is 49.4 Å². The molecule has 3 aromatic carbocycles. The summed E-state index contributed by atoms with van der Waals surface area (Å²) in [5.74, 6) is 0.148. The van der Waals surface area contributed by atoms with Crippen LogP contribution in [0.1, 0.15) is 47.7 Å². The summed E-state index contributed by atoms with van der Waals surface area (Å²) in [7, 11) is 1.64. The molecule has 176 valence electrons. The van der Waals surface area contributed by atoms with E-state index in [1.165, 1.54) is 11.1 Å². The van der Waals surface area contributed by atoms with Gasteiger partial charge in [-0.1, -0.05) is 54.1 Å². The molecule has 2 aliphatic carbocycles. The standard InChI is InChI=1S/C31H25N3O2/c1-3-34(36-2)27-15-14-24-25(13-12-23-22-10-6-4-8-19(22)17-28(35)29(23)24)30(27)31-21(18-32)16-20-9-5-7-11-26(20)33-31/h5-7,9-16H,3-4,8,17H2,1-2H3. The molecule has 5 nitrogen and oxygen atoms in total. The second-order valence-electron chi connectivity index (χ2n) is 9.17. The number of anilines is 1. The fourth-order valence-corrected chi connectivity index (χ4v) is 5.62. The minimum absolute atomic E-state index is 0.148. The van der Waals surface area contributed by atoms with E-state index in [1.54, 1.807) is 12.2 Å². The lowest BCUT2D eigenvalue weighted by Crippen LogP contribution is -2.22. The maximum Gasteiger partial charge on any atom is 0.168 e. The van der Waals surface area contributed by atoms with Crippen molar-refractivity contribution in [3.63, 3.8) is 0 Å². The van der Waals surface area contributed by atoms with Gasteiger partial charge in [0.25, 0.3) is 0 Å². The highest BCUT2D eigenvalue weighted by atomic mass is 16.7. The van der Waals surface area contributed by atoms with Crippen LogP contribution in [0.15, 0.2) is 72.3 Å². The number of carbonyl (C=O) groups is 1. The fourth-order valence-electron chi connectivity index (χ4n) is 5.62. The quantitative estimate of drug-likeness (QED) is 0.300. The van der Waals surface area contributed by atoms with Gasteiger partial charge < -0.3 is 0 Å². The van der Waals surface area contributed by atoms with E-state index in [2.05, 4.69) is 30.4 Å². The third-order valence-electron chi connectivity index (χ3n) is 7.26. The number of hydrogen-bond acceptors (Lipinski definition) is 5. The Morgan fingerprint density at radius 3 is 2.69 bits per heavy atom. The number of hydrogen-bond donors (Lipinski definition) is 0. The molecule has 5 heteroatoms. The summed E-state index contributed by atoms with van der Waals surface area (Å²) in [6, 6.07) is 20.2. The summed E-state index contributed by atoms with van der Waals surface area (Å²) in [6.45, 7) is 2.62. The molecule has 36 heavy (non-hydrogen) atoms. The number of nitriles is 1. The second kappa shape index (κ2) is 8.75. The summed E-state index contributed by atoms with van der Waals surface area (Å²) >= 11 is 0. The SMILES string of the molecule is CCN(OC)c1ccc2c3c(ccc2c1-c1nc2ccccc2cc1C#N)C1=C(CCC=C1)CC3=O. The van der Waals surface area contributed by atoms with Gasteiger partial charge in [-0.15, -0.1) is 0 Å². The van der Waals surface area contributed by atoms with E-state index in [9.17, 15) is 10.1 Å². The Labute approximate surface area is 209 Å². The molecule has 0 saturated carbocycles. The van der Waals surface area contributed by atoms with Gasteiger partial charge in [-0.2, -0.15) is 5.26 Å². The largest absolute Gasteiger partial charge is 0.294 e. The van der Waals surface area contributed by atoms with E-state index in [0.717, 1.165) is 56.9 Å². The number of carbonyl (C=O) groups excluding carboxylic acids is 1. The van der Waals surface area contributed by atoms with Gasteiger partial charge in [0.05, 0.1) is 29.6 Å². The van der Waals surface area contributed by atoms with E-state index < -0.39 is 0 Å². The van der Waals surface area contributed by atoms with Crippen molar-refractivity contribution < 1.29 is 9.63 Å². The predicted molar refractivity (Wildman–Crippen MR) is 144 cm³/mol. The molecule has 0 amide bonds. The van der Waals surface area contributed by atoms with E-state index in [4.69, 9.17) is 9.82 Å². The van der Waals surface area contributed by atoms with Crippen LogP contribution in [0.25, 0.3) is 38.5 Å². The molecule has 0 spiro atoms. The van der Waals surface area contributed by atoms with Crippen molar-refractivity contribution in [1.82, 2.24) is 4.98 Å². The van der Waals surface area contributed by atoms with Crippen LogP contribution in [-0.4, -0.2) is 24.4 Å². The molecule has 0 saturated heterocycles. The number of Topliss-reactive ketones (excluding diaryl/α,β-unsaturated/α-hetero) is 1. The van der Waals surface area contributed by atoms with Gasteiger partial charge in [-0.25, -0.2) is 4.98 Å². The van der Waals surface area contributed by atoms with Crippen LogP contribution in [0.5, 0.6) is 0 Å². The predicted octanol–water partition coefficient (Wildman–Crippen LogP) is 7.00. The number of rotatable bonds is 4. The third kappa shape index (κ3) is 3.34.